The zero-order valence-electron chi connectivity index (χ0n) is 12.3. The van der Waals surface area contributed by atoms with Crippen LogP contribution in [0.2, 0.25) is 0 Å². The summed E-state index contributed by atoms with van der Waals surface area (Å²) in [5.74, 6) is -10.1. The molecule has 5 unspecified atom stereocenters. The van der Waals surface area contributed by atoms with E-state index in [4.69, 9.17) is 4.74 Å². The van der Waals surface area contributed by atoms with Crippen molar-refractivity contribution in [1.29, 1.82) is 0 Å². The van der Waals surface area contributed by atoms with Crippen LogP contribution >= 0.6 is 0 Å². The average Bonchev–Trinajstić information content (AvgIpc) is 3.10. The molecule has 1 saturated heterocycles. The van der Waals surface area contributed by atoms with Crippen molar-refractivity contribution >= 4 is 5.97 Å². The molecule has 0 amide bonds. The first-order valence-corrected chi connectivity index (χ1v) is 7.35. The predicted octanol–water partition coefficient (Wildman–Crippen LogP) is 2.00. The number of hydrogen-bond donors (Lipinski definition) is 1. The Balaban J connectivity index is 1.58. The van der Waals surface area contributed by atoms with E-state index in [9.17, 15) is 31.9 Å². The van der Waals surface area contributed by atoms with Crippen LogP contribution in [-0.2, 0) is 19.0 Å². The fourth-order valence-corrected chi connectivity index (χ4v) is 3.27. The molecule has 1 aliphatic heterocycles. The number of hydrogen-bond acceptors (Lipinski definition) is 5. The third-order valence-corrected chi connectivity index (χ3v) is 4.58. The average molecular weight is 358 g/mol. The van der Waals surface area contributed by atoms with Crippen molar-refractivity contribution in [2.45, 2.75) is 37.0 Å². The highest BCUT2D eigenvalue weighted by molar-refractivity contribution is 5.74. The molecule has 24 heavy (non-hydrogen) atoms. The van der Waals surface area contributed by atoms with Crippen LogP contribution in [0.15, 0.2) is 12.2 Å². The van der Waals surface area contributed by atoms with Crippen molar-refractivity contribution in [3.05, 3.63) is 12.2 Å². The molecule has 0 aromatic rings. The molecule has 0 radical (unpaired) electrons. The van der Waals surface area contributed by atoms with Gasteiger partial charge in [0.05, 0.1) is 5.92 Å². The second kappa shape index (κ2) is 5.63. The normalized spacial score (nSPS) is 40.8. The Morgan fingerprint density at radius 1 is 1.29 bits per heavy atom. The van der Waals surface area contributed by atoms with Gasteiger partial charge >= 0.3 is 23.9 Å². The molecule has 1 heterocycles. The third kappa shape index (κ3) is 2.80. The molecular weight excluding hydrogens is 343 g/mol. The summed E-state index contributed by atoms with van der Waals surface area (Å²) in [5, 5.41) is 9.24. The summed E-state index contributed by atoms with van der Waals surface area (Å²) in [7, 11) is 0. The van der Waals surface area contributed by atoms with E-state index in [1.807, 2.05) is 12.2 Å². The molecule has 2 fully saturated rings. The number of aliphatic hydroxyl groups is 1. The molecule has 3 rings (SSSR count). The Labute approximate surface area is 133 Å². The summed E-state index contributed by atoms with van der Waals surface area (Å²) < 4.78 is 78.1. The van der Waals surface area contributed by atoms with Gasteiger partial charge in [-0.15, -0.1) is 0 Å². The number of fused-ring (bicyclic) bond motifs is 2. The summed E-state index contributed by atoms with van der Waals surface area (Å²) in [6.07, 6.45) is -2.40. The first-order chi connectivity index (χ1) is 11.0. The Kier molecular flexibility index (Phi) is 4.12. The highest BCUT2D eigenvalue weighted by Gasteiger charge is 2.73. The summed E-state index contributed by atoms with van der Waals surface area (Å²) in [4.78, 5) is 12.0. The maximum Gasteiger partial charge on any atom is 0.449 e. The number of allylic oxidation sites excluding steroid dienone is 2. The molecule has 5 nitrogen and oxygen atoms in total. The minimum atomic E-state index is -5.74. The zero-order chi connectivity index (χ0) is 17.8. The smallest absolute Gasteiger partial charge is 0.449 e. The first kappa shape index (κ1) is 17.6. The Morgan fingerprint density at radius 3 is 2.54 bits per heavy atom. The van der Waals surface area contributed by atoms with E-state index < -0.39 is 49.3 Å². The molecule has 136 valence electrons. The van der Waals surface area contributed by atoms with E-state index >= 15 is 0 Å². The number of carbonyl (C=O) groups is 1. The molecule has 0 spiro atoms. The van der Waals surface area contributed by atoms with Crippen LogP contribution in [0.25, 0.3) is 0 Å². The highest BCUT2D eigenvalue weighted by Crippen LogP contribution is 2.47. The largest absolute Gasteiger partial charge is 0.460 e. The lowest BCUT2D eigenvalue weighted by Gasteiger charge is -2.42. The lowest BCUT2D eigenvalue weighted by Crippen LogP contribution is -2.67. The number of alkyl halides is 5. The molecule has 0 aromatic carbocycles. The minimum absolute atomic E-state index is 0.0205. The fourth-order valence-electron chi connectivity index (χ4n) is 3.27. The molecule has 0 aromatic heterocycles. The van der Waals surface area contributed by atoms with Crippen LogP contribution < -0.4 is 0 Å². The Morgan fingerprint density at radius 2 is 2.00 bits per heavy atom. The van der Waals surface area contributed by atoms with Crippen LogP contribution in [0.1, 0.15) is 12.8 Å². The van der Waals surface area contributed by atoms with Crippen molar-refractivity contribution in [2.75, 3.05) is 13.2 Å². The van der Waals surface area contributed by atoms with Gasteiger partial charge in [-0.25, -0.2) is 0 Å². The SMILES string of the molecule is O=C(OCC1OCC(F)(F)C(O)(C(F)(F)F)O1)C1CC2C=CC1C2. The van der Waals surface area contributed by atoms with E-state index in [0.29, 0.717) is 6.42 Å². The number of halogens is 5. The fraction of sp³-hybridized carbons (Fsp3) is 0.786. The molecule has 2 aliphatic carbocycles. The van der Waals surface area contributed by atoms with Gasteiger partial charge in [0.15, 0.2) is 6.29 Å². The van der Waals surface area contributed by atoms with Gasteiger partial charge in [0.1, 0.15) is 13.2 Å². The van der Waals surface area contributed by atoms with Gasteiger partial charge in [-0.05, 0) is 24.7 Å². The van der Waals surface area contributed by atoms with Crippen molar-refractivity contribution in [3.63, 3.8) is 0 Å². The maximum atomic E-state index is 13.3. The monoisotopic (exact) mass is 358 g/mol. The van der Waals surface area contributed by atoms with E-state index in [0.717, 1.165) is 6.42 Å². The summed E-state index contributed by atoms with van der Waals surface area (Å²) in [6.45, 7) is -2.52. The zero-order valence-corrected chi connectivity index (χ0v) is 12.3. The van der Waals surface area contributed by atoms with E-state index in [2.05, 4.69) is 9.47 Å². The van der Waals surface area contributed by atoms with Crippen molar-refractivity contribution in [1.82, 2.24) is 0 Å². The van der Waals surface area contributed by atoms with Crippen LogP contribution in [0.4, 0.5) is 22.0 Å². The summed E-state index contributed by atoms with van der Waals surface area (Å²) in [5.41, 5.74) is 0. The number of ether oxygens (including phenoxy) is 3. The Bertz CT molecular complexity index is 548. The summed E-state index contributed by atoms with van der Waals surface area (Å²) >= 11 is 0. The van der Waals surface area contributed by atoms with Crippen molar-refractivity contribution in [2.24, 2.45) is 17.8 Å². The second-order valence-corrected chi connectivity index (χ2v) is 6.22. The first-order valence-electron chi connectivity index (χ1n) is 7.35. The maximum absolute atomic E-state index is 13.3. The number of esters is 1. The van der Waals surface area contributed by atoms with Gasteiger partial charge in [0, 0.05) is 0 Å². The van der Waals surface area contributed by atoms with E-state index in [-0.39, 0.29) is 11.8 Å². The topological polar surface area (TPSA) is 65.0 Å². The Hall–Kier alpha value is -1.26. The molecule has 3 aliphatic rings. The van der Waals surface area contributed by atoms with E-state index in [1.54, 1.807) is 0 Å². The third-order valence-electron chi connectivity index (χ3n) is 4.58. The molecule has 10 heteroatoms. The van der Waals surface area contributed by atoms with Crippen LogP contribution in [0, 0.1) is 17.8 Å². The predicted molar refractivity (Wildman–Crippen MR) is 66.6 cm³/mol. The van der Waals surface area contributed by atoms with Gasteiger partial charge in [-0.1, -0.05) is 12.2 Å². The van der Waals surface area contributed by atoms with Crippen molar-refractivity contribution in [3.8, 4) is 0 Å². The standard InChI is InChI=1S/C14H15F5O5/c15-12(16)6-23-10(24-13(12,21)14(17,18)19)5-22-11(20)9-4-7-1-2-8(9)3-7/h1-2,7-10,21H,3-6H2. The van der Waals surface area contributed by atoms with Gasteiger partial charge in [0.25, 0.3) is 0 Å². The molecular formula is C14H15F5O5. The summed E-state index contributed by atoms with van der Waals surface area (Å²) in [6, 6.07) is 0. The second-order valence-electron chi connectivity index (χ2n) is 6.22. The molecule has 5 atom stereocenters. The lowest BCUT2D eigenvalue weighted by molar-refractivity contribution is -0.490. The van der Waals surface area contributed by atoms with Gasteiger partial charge in [0.2, 0.25) is 0 Å². The van der Waals surface area contributed by atoms with Gasteiger partial charge in [-0.3, -0.25) is 4.79 Å². The van der Waals surface area contributed by atoms with Gasteiger partial charge < -0.3 is 19.3 Å². The number of rotatable bonds is 3. The van der Waals surface area contributed by atoms with Crippen LogP contribution in [-0.4, -0.2) is 48.5 Å². The molecule has 1 saturated carbocycles. The van der Waals surface area contributed by atoms with Crippen LogP contribution in [0.3, 0.4) is 0 Å². The van der Waals surface area contributed by atoms with Crippen molar-refractivity contribution < 1.29 is 46.1 Å². The highest BCUT2D eigenvalue weighted by atomic mass is 19.4. The minimum Gasteiger partial charge on any atom is -0.460 e. The van der Waals surface area contributed by atoms with Gasteiger partial charge in [-0.2, -0.15) is 22.0 Å². The quantitative estimate of drug-likeness (QED) is 0.475. The lowest BCUT2D eigenvalue weighted by atomic mass is 9.94. The number of carbonyl (C=O) groups excluding carboxylic acids is 1. The van der Waals surface area contributed by atoms with Crippen LogP contribution in [0.5, 0.6) is 0 Å². The van der Waals surface area contributed by atoms with E-state index in [1.165, 1.54) is 0 Å². The molecule has 2 bridgehead atoms. The molecule has 1 N–H and O–H groups in total.